The molecule has 6 heteroatoms. The Balaban J connectivity index is 1.54. The van der Waals surface area contributed by atoms with Crippen LogP contribution < -0.4 is 9.62 Å². The van der Waals surface area contributed by atoms with Gasteiger partial charge in [0.05, 0.1) is 23.2 Å². The summed E-state index contributed by atoms with van der Waals surface area (Å²) < 4.78 is 27.5. The molecule has 3 aromatic carbocycles. The molecule has 0 fully saturated rings. The monoisotopic (exact) mass is 446 g/mol. The topological polar surface area (TPSA) is 66.5 Å². The predicted octanol–water partition coefficient (Wildman–Crippen LogP) is 4.88. The standard InChI is InChI=1S/C26H26N2O3S/c1-2-19-28(32(30,31)23-11-4-3-5-12-23)22-17-15-21(16-18-22)26(29)27-25-14-8-10-20-9-6-7-13-24(20)25/h2-7,9,11-13,15-18,25H,1,8,10,14,19H2,(H,27,29)/t25-/m0/s1. The van der Waals surface area contributed by atoms with Crippen LogP contribution in [-0.4, -0.2) is 20.9 Å². The lowest BCUT2D eigenvalue weighted by Gasteiger charge is -2.26. The van der Waals surface area contributed by atoms with Crippen molar-refractivity contribution in [2.75, 3.05) is 10.8 Å². The average Bonchev–Trinajstić information content (AvgIpc) is 2.83. The van der Waals surface area contributed by atoms with Crippen LogP contribution in [0.4, 0.5) is 5.69 Å². The summed E-state index contributed by atoms with van der Waals surface area (Å²) >= 11 is 0. The van der Waals surface area contributed by atoms with Crippen molar-refractivity contribution in [1.82, 2.24) is 5.32 Å². The van der Waals surface area contributed by atoms with E-state index in [2.05, 4.69) is 24.0 Å². The minimum Gasteiger partial charge on any atom is -0.345 e. The van der Waals surface area contributed by atoms with Crippen molar-refractivity contribution >= 4 is 21.6 Å². The van der Waals surface area contributed by atoms with Crippen molar-refractivity contribution in [2.45, 2.75) is 30.2 Å². The molecule has 1 amide bonds. The van der Waals surface area contributed by atoms with Crippen LogP contribution in [0.1, 0.15) is 40.4 Å². The van der Waals surface area contributed by atoms with Gasteiger partial charge in [-0.15, -0.1) is 6.58 Å². The summed E-state index contributed by atoms with van der Waals surface area (Å²) in [5.41, 5.74) is 3.43. The van der Waals surface area contributed by atoms with Crippen LogP contribution in [0.15, 0.2) is 96.4 Å². The van der Waals surface area contributed by atoms with E-state index in [1.807, 2.05) is 12.1 Å². The van der Waals surface area contributed by atoms with Gasteiger partial charge in [-0.2, -0.15) is 0 Å². The minimum absolute atomic E-state index is 0.0113. The molecule has 1 N–H and O–H groups in total. The fraction of sp³-hybridized carbons (Fsp3) is 0.192. The molecule has 0 bridgehead atoms. The molecule has 1 aliphatic rings. The third-order valence-corrected chi connectivity index (χ3v) is 7.53. The molecule has 0 spiro atoms. The van der Waals surface area contributed by atoms with Crippen LogP contribution in [0, 0.1) is 0 Å². The maximum absolute atomic E-state index is 13.1. The second kappa shape index (κ2) is 9.40. The molecule has 0 radical (unpaired) electrons. The molecule has 0 unspecified atom stereocenters. The second-order valence-corrected chi connectivity index (χ2v) is 9.66. The first-order chi connectivity index (χ1) is 15.5. The summed E-state index contributed by atoms with van der Waals surface area (Å²) in [4.78, 5) is 13.1. The summed E-state index contributed by atoms with van der Waals surface area (Å²) in [6, 6.07) is 23.1. The number of carbonyl (C=O) groups excluding carboxylic acids is 1. The zero-order chi connectivity index (χ0) is 22.6. The molecule has 4 rings (SSSR count). The molecule has 1 atom stereocenters. The summed E-state index contributed by atoms with van der Waals surface area (Å²) in [5.74, 6) is -0.167. The number of fused-ring (bicyclic) bond motifs is 1. The quantitative estimate of drug-likeness (QED) is 0.526. The molecular weight excluding hydrogens is 420 g/mol. The first kappa shape index (κ1) is 21.8. The van der Waals surface area contributed by atoms with Crippen LogP contribution in [0.5, 0.6) is 0 Å². The molecule has 1 aliphatic carbocycles. The smallest absolute Gasteiger partial charge is 0.264 e. The van der Waals surface area contributed by atoms with Gasteiger partial charge in [0.15, 0.2) is 0 Å². The summed E-state index contributed by atoms with van der Waals surface area (Å²) in [7, 11) is -3.74. The molecule has 164 valence electrons. The van der Waals surface area contributed by atoms with E-state index in [1.165, 1.54) is 15.4 Å². The maximum Gasteiger partial charge on any atom is 0.264 e. The number of carbonyl (C=O) groups is 1. The van der Waals surface area contributed by atoms with Crippen LogP contribution in [0.2, 0.25) is 0 Å². The fourth-order valence-corrected chi connectivity index (χ4v) is 5.56. The van der Waals surface area contributed by atoms with Gasteiger partial charge in [-0.1, -0.05) is 48.5 Å². The molecule has 3 aromatic rings. The van der Waals surface area contributed by atoms with Gasteiger partial charge in [0, 0.05) is 5.56 Å². The van der Waals surface area contributed by atoms with Crippen LogP contribution in [0.25, 0.3) is 0 Å². The third-order valence-electron chi connectivity index (χ3n) is 5.72. The first-order valence-electron chi connectivity index (χ1n) is 10.7. The molecule has 5 nitrogen and oxygen atoms in total. The lowest BCUT2D eigenvalue weighted by Crippen LogP contribution is -2.32. The van der Waals surface area contributed by atoms with Gasteiger partial charge >= 0.3 is 0 Å². The van der Waals surface area contributed by atoms with E-state index in [9.17, 15) is 13.2 Å². The molecule has 0 saturated heterocycles. The zero-order valence-corrected chi connectivity index (χ0v) is 18.6. The van der Waals surface area contributed by atoms with Crippen LogP contribution in [-0.2, 0) is 16.4 Å². The van der Waals surface area contributed by atoms with Crippen molar-refractivity contribution < 1.29 is 13.2 Å². The number of benzene rings is 3. The number of aryl methyl sites for hydroxylation is 1. The highest BCUT2D eigenvalue weighted by atomic mass is 32.2. The Hall–Kier alpha value is -3.38. The Labute approximate surface area is 189 Å². The van der Waals surface area contributed by atoms with E-state index in [1.54, 1.807) is 60.7 Å². The largest absolute Gasteiger partial charge is 0.345 e. The molecular formula is C26H26N2O3S. The number of hydrogen-bond donors (Lipinski definition) is 1. The Morgan fingerprint density at radius 2 is 1.69 bits per heavy atom. The minimum atomic E-state index is -3.74. The Bertz CT molecular complexity index is 1210. The highest BCUT2D eigenvalue weighted by molar-refractivity contribution is 7.92. The van der Waals surface area contributed by atoms with E-state index in [0.29, 0.717) is 11.3 Å². The number of sulfonamides is 1. The maximum atomic E-state index is 13.1. The van der Waals surface area contributed by atoms with Gasteiger partial charge in [0.25, 0.3) is 15.9 Å². The van der Waals surface area contributed by atoms with E-state index in [0.717, 1.165) is 19.3 Å². The highest BCUT2D eigenvalue weighted by Gasteiger charge is 2.25. The number of hydrogen-bond acceptors (Lipinski definition) is 3. The summed E-state index contributed by atoms with van der Waals surface area (Å²) in [5, 5.41) is 3.13. The van der Waals surface area contributed by atoms with E-state index >= 15 is 0 Å². The molecule has 0 aromatic heterocycles. The number of rotatable bonds is 7. The molecule has 0 saturated carbocycles. The van der Waals surface area contributed by atoms with Gasteiger partial charge in [-0.25, -0.2) is 8.42 Å². The predicted molar refractivity (Wildman–Crippen MR) is 127 cm³/mol. The van der Waals surface area contributed by atoms with Crippen molar-refractivity contribution in [2.24, 2.45) is 0 Å². The van der Waals surface area contributed by atoms with Crippen molar-refractivity contribution in [3.8, 4) is 0 Å². The Kier molecular flexibility index (Phi) is 6.42. The lowest BCUT2D eigenvalue weighted by atomic mass is 9.87. The normalized spacial score (nSPS) is 15.4. The van der Waals surface area contributed by atoms with Crippen molar-refractivity contribution in [3.63, 3.8) is 0 Å². The van der Waals surface area contributed by atoms with E-state index in [4.69, 9.17) is 0 Å². The van der Waals surface area contributed by atoms with Crippen LogP contribution >= 0.6 is 0 Å². The van der Waals surface area contributed by atoms with Gasteiger partial charge in [0.2, 0.25) is 0 Å². The highest BCUT2D eigenvalue weighted by Crippen LogP contribution is 2.30. The van der Waals surface area contributed by atoms with Gasteiger partial charge in [0.1, 0.15) is 0 Å². The third kappa shape index (κ3) is 4.46. The Morgan fingerprint density at radius 3 is 2.41 bits per heavy atom. The summed E-state index contributed by atoms with van der Waals surface area (Å²) in [6.45, 7) is 3.82. The van der Waals surface area contributed by atoms with Crippen molar-refractivity contribution in [1.29, 1.82) is 0 Å². The molecule has 0 aliphatic heterocycles. The van der Waals surface area contributed by atoms with Crippen molar-refractivity contribution in [3.05, 3.63) is 108 Å². The van der Waals surface area contributed by atoms with Gasteiger partial charge in [-0.3, -0.25) is 9.10 Å². The van der Waals surface area contributed by atoms with Gasteiger partial charge in [-0.05, 0) is 66.8 Å². The molecule has 0 heterocycles. The molecule has 32 heavy (non-hydrogen) atoms. The number of anilines is 1. The summed E-state index contributed by atoms with van der Waals surface area (Å²) in [6.07, 6.45) is 4.52. The lowest BCUT2D eigenvalue weighted by molar-refractivity contribution is 0.0933. The number of nitrogens with one attached hydrogen (secondary N) is 1. The SMILES string of the molecule is C=CCN(c1ccc(C(=O)N[C@H]2CCCc3ccccc32)cc1)S(=O)(=O)c1ccccc1. The zero-order valence-electron chi connectivity index (χ0n) is 17.8. The fourth-order valence-electron chi connectivity index (χ4n) is 4.10. The van der Waals surface area contributed by atoms with E-state index < -0.39 is 10.0 Å². The first-order valence-corrected chi connectivity index (χ1v) is 12.1. The van der Waals surface area contributed by atoms with Crippen LogP contribution in [0.3, 0.4) is 0 Å². The average molecular weight is 447 g/mol. The number of nitrogens with zero attached hydrogens (tertiary/aromatic N) is 1. The second-order valence-electron chi connectivity index (χ2n) is 7.80. The Morgan fingerprint density at radius 1 is 1.00 bits per heavy atom. The van der Waals surface area contributed by atoms with E-state index in [-0.39, 0.29) is 23.4 Å². The van der Waals surface area contributed by atoms with Gasteiger partial charge < -0.3 is 5.32 Å². The number of amides is 1.